The zero-order chi connectivity index (χ0) is 30.0. The third-order valence-corrected chi connectivity index (χ3v) is 11.8. The van der Waals surface area contributed by atoms with Gasteiger partial charge in [0.25, 0.3) is 8.32 Å². The molecule has 0 fully saturated rings. The number of nitrogens with zero attached hydrogens (tertiary/aromatic N) is 3. The predicted molar refractivity (Wildman–Crippen MR) is 161 cm³/mol. The van der Waals surface area contributed by atoms with Gasteiger partial charge in [0, 0.05) is 46.9 Å². The van der Waals surface area contributed by atoms with Crippen LogP contribution in [0.15, 0.2) is 79.1 Å². The van der Waals surface area contributed by atoms with E-state index in [-0.39, 0.29) is 24.9 Å². The van der Waals surface area contributed by atoms with Gasteiger partial charge in [0.15, 0.2) is 6.23 Å². The molecule has 4 rings (SSSR count). The first-order valence-corrected chi connectivity index (χ1v) is 17.6. The summed E-state index contributed by atoms with van der Waals surface area (Å²) in [6, 6.07) is 20.6. The van der Waals surface area contributed by atoms with Crippen LogP contribution in [0.25, 0.3) is 33.9 Å². The lowest BCUT2D eigenvalue weighted by molar-refractivity contribution is 0.100. The van der Waals surface area contributed by atoms with Crippen molar-refractivity contribution in [1.82, 2.24) is 15.0 Å². The summed E-state index contributed by atoms with van der Waals surface area (Å²) in [4.78, 5) is 13.8. The SMILES string of the molecule is CO[Si](CO)(CO)COc1cc(OC[Si](OC)(OC)OC)cc(-c2cc(-c3ccccn3)nc(-c3ccccn3)c2)c1. The normalized spacial score (nSPS) is 11.9. The molecule has 0 radical (unpaired) electrons. The highest BCUT2D eigenvalue weighted by atomic mass is 28.4. The maximum absolute atomic E-state index is 9.89. The molecule has 4 aromatic rings. The standard InChI is InChI=1S/C29H35N3O8Si2/c1-35-41(18-33,19-34)20-39-24-13-22(14-25(17-24)40-21-42(36-2,37-3)38-4)23-15-28(26-9-5-7-11-30-26)32-29(16-23)27-10-6-8-12-31-27/h5-17,33-34H,18-21H2,1-4H3. The topological polar surface area (TPSA) is 135 Å². The number of benzene rings is 1. The first-order chi connectivity index (χ1) is 20.4. The average Bonchev–Trinajstić information content (AvgIpc) is 3.07. The van der Waals surface area contributed by atoms with Crippen molar-refractivity contribution in [2.24, 2.45) is 0 Å². The minimum atomic E-state index is -3.05. The Hall–Kier alpha value is -3.54. The molecule has 0 spiro atoms. The molecule has 0 saturated carbocycles. The molecule has 0 aliphatic rings. The molecule has 3 heterocycles. The van der Waals surface area contributed by atoms with Crippen LogP contribution in [0.1, 0.15) is 0 Å². The van der Waals surface area contributed by atoms with Gasteiger partial charge >= 0.3 is 8.80 Å². The van der Waals surface area contributed by atoms with Crippen molar-refractivity contribution in [1.29, 1.82) is 0 Å². The zero-order valence-corrected chi connectivity index (χ0v) is 26.0. The molecule has 0 aliphatic carbocycles. The molecule has 3 aromatic heterocycles. The third kappa shape index (κ3) is 7.45. The fourth-order valence-electron chi connectivity index (χ4n) is 4.04. The van der Waals surface area contributed by atoms with E-state index in [1.165, 1.54) is 28.4 Å². The Balaban J connectivity index is 1.81. The summed E-state index contributed by atoms with van der Waals surface area (Å²) in [5.74, 6) is 0.923. The van der Waals surface area contributed by atoms with Gasteiger partial charge in [-0.1, -0.05) is 12.1 Å². The second-order valence-corrected chi connectivity index (χ2v) is 15.9. The van der Waals surface area contributed by atoms with Gasteiger partial charge in [-0.2, -0.15) is 0 Å². The molecule has 0 saturated heterocycles. The van der Waals surface area contributed by atoms with Crippen molar-refractivity contribution < 1.29 is 37.4 Å². The molecular formula is C29H35N3O8Si2. The lowest BCUT2D eigenvalue weighted by Crippen LogP contribution is -2.52. The molecule has 0 aliphatic heterocycles. The van der Waals surface area contributed by atoms with Crippen LogP contribution in [0.5, 0.6) is 11.5 Å². The van der Waals surface area contributed by atoms with Crippen molar-refractivity contribution in [2.75, 3.05) is 53.4 Å². The lowest BCUT2D eigenvalue weighted by atomic mass is 10.0. The van der Waals surface area contributed by atoms with E-state index >= 15 is 0 Å². The number of aliphatic hydroxyl groups excluding tert-OH is 2. The summed E-state index contributed by atoms with van der Waals surface area (Å²) in [6.45, 7) is 0. The Bertz CT molecular complexity index is 1310. The zero-order valence-electron chi connectivity index (χ0n) is 24.0. The van der Waals surface area contributed by atoms with Crippen LogP contribution in [0, 0.1) is 0 Å². The van der Waals surface area contributed by atoms with Crippen molar-refractivity contribution in [3.8, 4) is 45.4 Å². The molecule has 0 bridgehead atoms. The number of aliphatic hydroxyl groups is 2. The van der Waals surface area contributed by atoms with Crippen LogP contribution in [0.2, 0.25) is 0 Å². The first kappa shape index (κ1) is 31.4. The van der Waals surface area contributed by atoms with E-state index in [1.807, 2.05) is 60.7 Å². The van der Waals surface area contributed by atoms with E-state index < -0.39 is 17.1 Å². The fraction of sp³-hybridized carbons (Fsp3) is 0.276. The number of hydrogen-bond acceptors (Lipinski definition) is 11. The second kappa shape index (κ2) is 14.6. The van der Waals surface area contributed by atoms with Gasteiger partial charge in [0.1, 0.15) is 17.7 Å². The van der Waals surface area contributed by atoms with Gasteiger partial charge in [0.05, 0.1) is 35.2 Å². The van der Waals surface area contributed by atoms with Crippen LogP contribution in [-0.4, -0.2) is 95.6 Å². The number of aromatic nitrogens is 3. The molecule has 11 nitrogen and oxygen atoms in total. The van der Waals surface area contributed by atoms with E-state index in [0.29, 0.717) is 34.3 Å². The Morgan fingerprint density at radius 2 is 1.10 bits per heavy atom. The summed E-state index contributed by atoms with van der Waals surface area (Å²) in [5, 5.41) is 19.8. The van der Waals surface area contributed by atoms with E-state index in [0.717, 1.165) is 11.1 Å². The lowest BCUT2D eigenvalue weighted by Gasteiger charge is -2.26. The molecular weight excluding hydrogens is 575 g/mol. The van der Waals surface area contributed by atoms with Crippen molar-refractivity contribution >= 4 is 17.1 Å². The van der Waals surface area contributed by atoms with Gasteiger partial charge in [-0.05, 0) is 59.7 Å². The van der Waals surface area contributed by atoms with Gasteiger partial charge in [-0.15, -0.1) is 0 Å². The molecule has 2 N–H and O–H groups in total. The van der Waals surface area contributed by atoms with E-state index in [2.05, 4.69) is 9.97 Å². The maximum Gasteiger partial charge on any atom is 0.539 e. The van der Waals surface area contributed by atoms with Gasteiger partial charge in [0.2, 0.25) is 0 Å². The van der Waals surface area contributed by atoms with Gasteiger partial charge in [-0.3, -0.25) is 9.97 Å². The summed E-state index contributed by atoms with van der Waals surface area (Å²) < 4.78 is 34.3. The van der Waals surface area contributed by atoms with Crippen LogP contribution in [0.3, 0.4) is 0 Å². The van der Waals surface area contributed by atoms with E-state index in [4.69, 9.17) is 32.2 Å². The van der Waals surface area contributed by atoms with Crippen LogP contribution >= 0.6 is 0 Å². The average molecular weight is 610 g/mol. The number of hydrogen-bond donors (Lipinski definition) is 2. The Morgan fingerprint density at radius 3 is 1.52 bits per heavy atom. The number of rotatable bonds is 15. The highest BCUT2D eigenvalue weighted by molar-refractivity contribution is 6.73. The van der Waals surface area contributed by atoms with Crippen molar-refractivity contribution in [3.05, 3.63) is 79.1 Å². The molecule has 42 heavy (non-hydrogen) atoms. The quantitative estimate of drug-likeness (QED) is 0.192. The highest BCUT2D eigenvalue weighted by Crippen LogP contribution is 2.34. The summed E-state index contributed by atoms with van der Waals surface area (Å²) >= 11 is 0. The van der Waals surface area contributed by atoms with E-state index in [9.17, 15) is 10.2 Å². The molecule has 0 atom stereocenters. The fourth-order valence-corrected chi connectivity index (χ4v) is 6.32. The largest absolute Gasteiger partial charge is 0.539 e. The predicted octanol–water partition coefficient (Wildman–Crippen LogP) is 3.24. The summed E-state index contributed by atoms with van der Waals surface area (Å²) in [5.41, 5.74) is 4.32. The molecule has 222 valence electrons. The first-order valence-electron chi connectivity index (χ1n) is 13.1. The van der Waals surface area contributed by atoms with Crippen molar-refractivity contribution in [3.63, 3.8) is 0 Å². The number of pyridine rings is 3. The summed E-state index contributed by atoms with van der Waals surface area (Å²) in [6.07, 6.45) is 2.93. The van der Waals surface area contributed by atoms with E-state index in [1.54, 1.807) is 18.5 Å². The van der Waals surface area contributed by atoms with Crippen LogP contribution in [0.4, 0.5) is 0 Å². The Kier molecular flexibility index (Phi) is 10.9. The maximum atomic E-state index is 9.89. The minimum Gasteiger partial charge on any atom is -0.494 e. The van der Waals surface area contributed by atoms with Crippen LogP contribution in [-0.2, 0) is 17.7 Å². The smallest absolute Gasteiger partial charge is 0.494 e. The summed E-state index contributed by atoms with van der Waals surface area (Å²) in [7, 11) is 0.0386. The number of ether oxygens (including phenoxy) is 2. The highest BCUT2D eigenvalue weighted by Gasteiger charge is 2.39. The monoisotopic (exact) mass is 609 g/mol. The molecule has 13 heteroatoms. The Morgan fingerprint density at radius 1 is 0.595 bits per heavy atom. The third-order valence-electron chi connectivity index (χ3n) is 6.75. The second-order valence-electron chi connectivity index (χ2n) is 9.33. The molecule has 0 unspecified atom stereocenters. The van der Waals surface area contributed by atoms with Crippen molar-refractivity contribution in [2.45, 2.75) is 0 Å². The van der Waals surface area contributed by atoms with Crippen LogP contribution < -0.4 is 9.47 Å². The Labute approximate surface area is 247 Å². The van der Waals surface area contributed by atoms with Gasteiger partial charge < -0.3 is 37.4 Å². The van der Waals surface area contributed by atoms with Gasteiger partial charge in [-0.25, -0.2) is 4.98 Å². The molecule has 1 aromatic carbocycles. The molecule has 0 amide bonds. The minimum absolute atomic E-state index is 0.0288.